The molecule has 2 atom stereocenters. The first-order chi connectivity index (χ1) is 7.25. The van der Waals surface area contributed by atoms with Crippen LogP contribution >= 0.6 is 0 Å². The van der Waals surface area contributed by atoms with Crippen LogP contribution in [0.5, 0.6) is 0 Å². The molecule has 0 bridgehead atoms. The zero-order chi connectivity index (χ0) is 10.4. The molecule has 1 aromatic rings. The first-order valence-electron chi connectivity index (χ1n) is 5.54. The Bertz CT molecular complexity index is 403. The molecule has 0 saturated heterocycles. The van der Waals surface area contributed by atoms with Gasteiger partial charge in [-0.1, -0.05) is 12.1 Å². The molecule has 0 amide bonds. The Morgan fingerprint density at radius 2 is 1.80 bits per heavy atom. The molecule has 2 aliphatic carbocycles. The number of ketones is 1. The van der Waals surface area contributed by atoms with Gasteiger partial charge in [-0.05, 0) is 43.2 Å². The summed E-state index contributed by atoms with van der Waals surface area (Å²) < 4.78 is 13.4. The lowest BCUT2D eigenvalue weighted by molar-refractivity contribution is 0.0910. The molecule has 2 unspecified atom stereocenters. The van der Waals surface area contributed by atoms with E-state index in [0.717, 1.165) is 24.7 Å². The third-order valence-electron chi connectivity index (χ3n) is 3.75. The molecule has 0 radical (unpaired) electrons. The van der Waals surface area contributed by atoms with Crippen LogP contribution in [0.1, 0.15) is 29.6 Å². The van der Waals surface area contributed by atoms with Gasteiger partial charge in [0, 0.05) is 5.92 Å². The summed E-state index contributed by atoms with van der Waals surface area (Å²) in [4.78, 5) is 12.0. The van der Waals surface area contributed by atoms with E-state index in [9.17, 15) is 9.18 Å². The fraction of sp³-hybridized carbons (Fsp3) is 0.462. The number of hydrogen-bond donors (Lipinski definition) is 0. The van der Waals surface area contributed by atoms with E-state index in [1.54, 1.807) is 18.2 Å². The van der Waals surface area contributed by atoms with Gasteiger partial charge in [0.25, 0.3) is 0 Å². The van der Waals surface area contributed by atoms with Gasteiger partial charge >= 0.3 is 0 Å². The van der Waals surface area contributed by atoms with E-state index in [0.29, 0.717) is 0 Å². The molecule has 78 valence electrons. The summed E-state index contributed by atoms with van der Waals surface area (Å²) in [5.41, 5.74) is 0.281. The van der Waals surface area contributed by atoms with Gasteiger partial charge in [-0.15, -0.1) is 0 Å². The number of halogens is 1. The van der Waals surface area contributed by atoms with Crippen LogP contribution in [-0.4, -0.2) is 5.78 Å². The molecule has 2 saturated carbocycles. The van der Waals surface area contributed by atoms with Crippen molar-refractivity contribution < 1.29 is 9.18 Å². The highest BCUT2D eigenvalue weighted by molar-refractivity contribution is 5.98. The summed E-state index contributed by atoms with van der Waals surface area (Å²) in [6, 6.07) is 6.31. The van der Waals surface area contributed by atoms with Crippen molar-refractivity contribution in [2.24, 2.45) is 17.8 Å². The molecular weight excluding hydrogens is 191 g/mol. The topological polar surface area (TPSA) is 17.1 Å². The molecule has 0 aromatic heterocycles. The second-order valence-electron chi connectivity index (χ2n) is 4.77. The Morgan fingerprint density at radius 1 is 1.13 bits per heavy atom. The van der Waals surface area contributed by atoms with Crippen molar-refractivity contribution >= 4 is 5.78 Å². The van der Waals surface area contributed by atoms with Gasteiger partial charge in [0.05, 0.1) is 5.56 Å². The molecule has 0 heterocycles. The average Bonchev–Trinajstić information content (AvgIpc) is 2.86. The van der Waals surface area contributed by atoms with Crippen LogP contribution in [-0.2, 0) is 0 Å². The quantitative estimate of drug-likeness (QED) is 0.677. The van der Waals surface area contributed by atoms with E-state index < -0.39 is 0 Å². The van der Waals surface area contributed by atoms with Crippen molar-refractivity contribution in [3.63, 3.8) is 0 Å². The van der Waals surface area contributed by atoms with E-state index in [-0.39, 0.29) is 23.1 Å². The minimum Gasteiger partial charge on any atom is -0.294 e. The van der Waals surface area contributed by atoms with Crippen LogP contribution in [0.2, 0.25) is 0 Å². The van der Waals surface area contributed by atoms with Crippen molar-refractivity contribution in [1.82, 2.24) is 0 Å². The fourth-order valence-electron chi connectivity index (χ4n) is 2.81. The maximum atomic E-state index is 13.4. The summed E-state index contributed by atoms with van der Waals surface area (Å²) in [7, 11) is 0. The van der Waals surface area contributed by atoms with Gasteiger partial charge in [0.1, 0.15) is 5.82 Å². The first-order valence-corrected chi connectivity index (χ1v) is 5.54. The Labute approximate surface area is 88.3 Å². The van der Waals surface area contributed by atoms with Crippen molar-refractivity contribution in [3.05, 3.63) is 35.6 Å². The van der Waals surface area contributed by atoms with E-state index in [1.807, 2.05) is 0 Å². The van der Waals surface area contributed by atoms with Gasteiger partial charge < -0.3 is 0 Å². The van der Waals surface area contributed by atoms with Crippen LogP contribution < -0.4 is 0 Å². The standard InChI is InChI=1S/C13H13FO/c14-12-4-2-1-3-11(12)13(15)10-6-8-5-9(8)7-10/h1-4,8-10H,5-7H2. The molecule has 2 heteroatoms. The van der Waals surface area contributed by atoms with Gasteiger partial charge in [-0.3, -0.25) is 4.79 Å². The van der Waals surface area contributed by atoms with Gasteiger partial charge in [-0.2, -0.15) is 0 Å². The highest BCUT2D eigenvalue weighted by atomic mass is 19.1. The number of carbonyl (C=O) groups is 1. The molecule has 1 aromatic carbocycles. The van der Waals surface area contributed by atoms with E-state index in [1.165, 1.54) is 12.5 Å². The molecule has 0 aliphatic heterocycles. The van der Waals surface area contributed by atoms with Crippen molar-refractivity contribution in [3.8, 4) is 0 Å². The normalized spacial score (nSPS) is 32.5. The third kappa shape index (κ3) is 1.48. The molecule has 15 heavy (non-hydrogen) atoms. The third-order valence-corrected chi connectivity index (χ3v) is 3.75. The monoisotopic (exact) mass is 204 g/mol. The number of rotatable bonds is 2. The van der Waals surface area contributed by atoms with E-state index in [4.69, 9.17) is 0 Å². The smallest absolute Gasteiger partial charge is 0.168 e. The van der Waals surface area contributed by atoms with E-state index >= 15 is 0 Å². The Morgan fingerprint density at radius 3 is 2.47 bits per heavy atom. The second kappa shape index (κ2) is 3.16. The summed E-state index contributed by atoms with van der Waals surface area (Å²) in [5, 5.41) is 0. The zero-order valence-corrected chi connectivity index (χ0v) is 8.45. The highest BCUT2D eigenvalue weighted by Gasteiger charge is 2.48. The maximum Gasteiger partial charge on any atom is 0.168 e. The molecule has 2 aliphatic rings. The predicted octanol–water partition coefficient (Wildman–Crippen LogP) is 3.05. The average molecular weight is 204 g/mol. The molecule has 0 N–H and O–H groups in total. The minimum absolute atomic E-state index is 0.0142. The molecular formula is C13H13FO. The van der Waals surface area contributed by atoms with Crippen LogP contribution in [0.25, 0.3) is 0 Å². The molecule has 1 nitrogen and oxygen atoms in total. The number of hydrogen-bond acceptors (Lipinski definition) is 1. The maximum absolute atomic E-state index is 13.4. The van der Waals surface area contributed by atoms with Gasteiger partial charge in [-0.25, -0.2) is 4.39 Å². The minimum atomic E-state index is -0.372. The summed E-state index contributed by atoms with van der Waals surface area (Å²) in [5.74, 6) is 1.27. The van der Waals surface area contributed by atoms with Crippen LogP contribution in [0.3, 0.4) is 0 Å². The predicted molar refractivity (Wildman–Crippen MR) is 55.1 cm³/mol. The van der Waals surface area contributed by atoms with Crippen molar-refractivity contribution in [2.75, 3.05) is 0 Å². The van der Waals surface area contributed by atoms with Gasteiger partial charge in [0.15, 0.2) is 5.78 Å². The lowest BCUT2D eigenvalue weighted by Crippen LogP contribution is -2.14. The Balaban J connectivity index is 1.82. The van der Waals surface area contributed by atoms with Crippen molar-refractivity contribution in [2.45, 2.75) is 19.3 Å². The number of benzene rings is 1. The van der Waals surface area contributed by atoms with Crippen LogP contribution in [0, 0.1) is 23.6 Å². The highest BCUT2D eigenvalue weighted by Crippen LogP contribution is 2.54. The SMILES string of the molecule is O=C(c1ccccc1F)C1CC2CC2C1. The Kier molecular flexibility index (Phi) is 1.91. The van der Waals surface area contributed by atoms with Crippen LogP contribution in [0.4, 0.5) is 4.39 Å². The summed E-state index contributed by atoms with van der Waals surface area (Å²) in [6.45, 7) is 0. The number of carbonyl (C=O) groups excluding carboxylic acids is 1. The lowest BCUT2D eigenvalue weighted by atomic mass is 9.93. The largest absolute Gasteiger partial charge is 0.294 e. The van der Waals surface area contributed by atoms with Crippen molar-refractivity contribution in [1.29, 1.82) is 0 Å². The number of fused-ring (bicyclic) bond motifs is 1. The lowest BCUT2D eigenvalue weighted by Gasteiger charge is -2.10. The number of Topliss-reactive ketones (excluding diaryl/α,β-unsaturated/α-hetero) is 1. The Hall–Kier alpha value is -1.18. The van der Waals surface area contributed by atoms with Gasteiger partial charge in [0.2, 0.25) is 0 Å². The first kappa shape index (κ1) is 9.08. The molecule has 3 rings (SSSR count). The zero-order valence-electron chi connectivity index (χ0n) is 8.45. The summed E-state index contributed by atoms with van der Waals surface area (Å²) in [6.07, 6.45) is 3.26. The van der Waals surface area contributed by atoms with Crippen LogP contribution in [0.15, 0.2) is 24.3 Å². The molecule has 0 spiro atoms. The molecule has 2 fully saturated rings. The fourth-order valence-corrected chi connectivity index (χ4v) is 2.81. The summed E-state index contributed by atoms with van der Waals surface area (Å²) >= 11 is 0. The van der Waals surface area contributed by atoms with E-state index in [2.05, 4.69) is 0 Å². The second-order valence-corrected chi connectivity index (χ2v) is 4.77.